The normalized spacial score (nSPS) is 26.8. The fourth-order valence-corrected chi connectivity index (χ4v) is 4.54. The average molecular weight is 351 g/mol. The molecule has 0 amide bonds. The third-order valence-corrected chi connectivity index (χ3v) is 6.75. The number of hydrogen-bond donors (Lipinski definition) is 0. The van der Waals surface area contributed by atoms with E-state index in [2.05, 4.69) is 67.9 Å². The Bertz CT molecular complexity index is 430. The summed E-state index contributed by atoms with van der Waals surface area (Å²) in [5.41, 5.74) is 3.92. The second kappa shape index (κ2) is 6.86. The molecule has 1 aliphatic rings. The van der Waals surface area contributed by atoms with Crippen LogP contribution in [0.25, 0.3) is 0 Å². The van der Waals surface area contributed by atoms with E-state index in [-0.39, 0.29) is 0 Å². The molecular formula is C20H31Br. The van der Waals surface area contributed by atoms with Crippen molar-refractivity contribution in [3.05, 3.63) is 35.4 Å². The van der Waals surface area contributed by atoms with Gasteiger partial charge in [0.15, 0.2) is 0 Å². The first-order valence-corrected chi connectivity index (χ1v) is 9.64. The van der Waals surface area contributed by atoms with Crippen LogP contribution in [0.1, 0.15) is 64.5 Å². The molecule has 0 heterocycles. The van der Waals surface area contributed by atoms with Crippen LogP contribution < -0.4 is 0 Å². The van der Waals surface area contributed by atoms with Gasteiger partial charge in [-0.3, -0.25) is 0 Å². The molecule has 1 fully saturated rings. The molecule has 0 nitrogen and oxygen atoms in total. The van der Waals surface area contributed by atoms with Gasteiger partial charge in [0.05, 0.1) is 0 Å². The molecule has 118 valence electrons. The Labute approximate surface area is 139 Å². The molecule has 1 aromatic carbocycles. The molecular weight excluding hydrogens is 320 g/mol. The Balaban J connectivity index is 2.02. The van der Waals surface area contributed by atoms with E-state index in [4.69, 9.17) is 0 Å². The second-order valence-corrected chi connectivity index (χ2v) is 8.68. The zero-order chi connectivity index (χ0) is 15.5. The van der Waals surface area contributed by atoms with Gasteiger partial charge in [0, 0.05) is 5.33 Å². The number of rotatable bonds is 4. The van der Waals surface area contributed by atoms with E-state index in [1.54, 1.807) is 0 Å². The van der Waals surface area contributed by atoms with Gasteiger partial charge in [-0.25, -0.2) is 0 Å². The van der Waals surface area contributed by atoms with Gasteiger partial charge >= 0.3 is 0 Å². The van der Waals surface area contributed by atoms with Gasteiger partial charge in [0.1, 0.15) is 0 Å². The smallest absolute Gasteiger partial charge is 0.00911 e. The van der Waals surface area contributed by atoms with Gasteiger partial charge in [-0.1, -0.05) is 67.9 Å². The molecule has 0 unspecified atom stereocenters. The number of halogens is 1. The van der Waals surface area contributed by atoms with E-state index in [9.17, 15) is 0 Å². The predicted molar refractivity (Wildman–Crippen MR) is 97.2 cm³/mol. The minimum atomic E-state index is 0.473. The van der Waals surface area contributed by atoms with Crippen molar-refractivity contribution < 1.29 is 0 Å². The highest BCUT2D eigenvalue weighted by molar-refractivity contribution is 9.09. The van der Waals surface area contributed by atoms with Crippen LogP contribution in [0.4, 0.5) is 0 Å². The lowest BCUT2D eigenvalue weighted by Gasteiger charge is -2.43. The molecule has 21 heavy (non-hydrogen) atoms. The fraction of sp³-hybridized carbons (Fsp3) is 0.700. The van der Waals surface area contributed by atoms with Gasteiger partial charge in [-0.15, -0.1) is 0 Å². The van der Waals surface area contributed by atoms with Crippen LogP contribution in [-0.4, -0.2) is 5.33 Å². The molecule has 0 bridgehead atoms. The average Bonchev–Trinajstić information content (AvgIpc) is 2.47. The first-order valence-electron chi connectivity index (χ1n) is 8.52. The summed E-state index contributed by atoms with van der Waals surface area (Å²) in [5, 5.41) is 1.15. The van der Waals surface area contributed by atoms with Crippen LogP contribution in [0.5, 0.6) is 0 Å². The van der Waals surface area contributed by atoms with Crippen LogP contribution in [0, 0.1) is 16.7 Å². The summed E-state index contributed by atoms with van der Waals surface area (Å²) in [4.78, 5) is 0. The molecule has 2 rings (SSSR count). The van der Waals surface area contributed by atoms with Crippen LogP contribution >= 0.6 is 15.9 Å². The van der Waals surface area contributed by atoms with E-state index in [0.717, 1.165) is 17.7 Å². The molecule has 1 aromatic rings. The molecule has 0 saturated heterocycles. The van der Waals surface area contributed by atoms with E-state index >= 15 is 0 Å². The Morgan fingerprint density at radius 2 is 1.57 bits per heavy atom. The quantitative estimate of drug-likeness (QED) is 0.550. The van der Waals surface area contributed by atoms with Crippen molar-refractivity contribution in [3.63, 3.8) is 0 Å². The molecule has 0 aromatic heterocycles. The summed E-state index contributed by atoms with van der Waals surface area (Å²) in [5.74, 6) is 0.896. The maximum absolute atomic E-state index is 3.82. The van der Waals surface area contributed by atoms with Gasteiger partial charge in [-0.05, 0) is 66.4 Å². The van der Waals surface area contributed by atoms with E-state index in [1.165, 1.54) is 43.2 Å². The fourth-order valence-electron chi connectivity index (χ4n) is 3.78. The third-order valence-electron chi connectivity index (χ3n) is 5.56. The lowest BCUT2D eigenvalue weighted by molar-refractivity contribution is 0.103. The molecule has 0 spiro atoms. The largest absolute Gasteiger partial charge is 0.0922 e. The maximum Gasteiger partial charge on any atom is 0.00911 e. The SMILES string of the molecule is CCc1ccc(CC2(CBr)CCC(C(C)(C)C)CC2)cc1. The van der Waals surface area contributed by atoms with Crippen molar-refractivity contribution in [2.75, 3.05) is 5.33 Å². The minimum absolute atomic E-state index is 0.473. The molecule has 0 N–H and O–H groups in total. The van der Waals surface area contributed by atoms with Gasteiger partial charge < -0.3 is 0 Å². The number of hydrogen-bond acceptors (Lipinski definition) is 0. The second-order valence-electron chi connectivity index (χ2n) is 8.12. The zero-order valence-electron chi connectivity index (χ0n) is 14.2. The van der Waals surface area contributed by atoms with Gasteiger partial charge in [-0.2, -0.15) is 0 Å². The lowest BCUT2D eigenvalue weighted by atomic mass is 9.63. The van der Waals surface area contributed by atoms with Crippen molar-refractivity contribution in [1.29, 1.82) is 0 Å². The number of aryl methyl sites for hydroxylation is 1. The van der Waals surface area contributed by atoms with Crippen molar-refractivity contribution in [2.45, 2.75) is 66.2 Å². The number of benzene rings is 1. The highest BCUT2D eigenvalue weighted by atomic mass is 79.9. The summed E-state index contributed by atoms with van der Waals surface area (Å²) in [6.07, 6.45) is 7.89. The van der Waals surface area contributed by atoms with Crippen molar-refractivity contribution in [2.24, 2.45) is 16.7 Å². The van der Waals surface area contributed by atoms with E-state index < -0.39 is 0 Å². The van der Waals surface area contributed by atoms with Crippen LogP contribution in [0.3, 0.4) is 0 Å². The highest BCUT2D eigenvalue weighted by Crippen LogP contribution is 2.47. The Kier molecular flexibility index (Phi) is 5.57. The van der Waals surface area contributed by atoms with Crippen molar-refractivity contribution >= 4 is 15.9 Å². The molecule has 0 aliphatic heterocycles. The first kappa shape index (κ1) is 17.1. The predicted octanol–water partition coefficient (Wildman–Crippen LogP) is 6.41. The summed E-state index contributed by atoms with van der Waals surface area (Å²) in [6.45, 7) is 9.44. The summed E-state index contributed by atoms with van der Waals surface area (Å²) in [6, 6.07) is 9.30. The molecule has 1 aliphatic carbocycles. The van der Waals surface area contributed by atoms with Crippen LogP contribution in [-0.2, 0) is 12.8 Å². The van der Waals surface area contributed by atoms with Crippen LogP contribution in [0.2, 0.25) is 0 Å². The Morgan fingerprint density at radius 1 is 1.05 bits per heavy atom. The third kappa shape index (κ3) is 4.34. The molecule has 0 atom stereocenters. The van der Waals surface area contributed by atoms with E-state index in [0.29, 0.717) is 10.8 Å². The van der Waals surface area contributed by atoms with Gasteiger partial charge in [0.25, 0.3) is 0 Å². The summed E-state index contributed by atoms with van der Waals surface area (Å²) >= 11 is 3.82. The summed E-state index contributed by atoms with van der Waals surface area (Å²) in [7, 11) is 0. The molecule has 1 heteroatoms. The van der Waals surface area contributed by atoms with Crippen molar-refractivity contribution in [3.8, 4) is 0 Å². The lowest BCUT2D eigenvalue weighted by Crippen LogP contribution is -2.35. The van der Waals surface area contributed by atoms with Crippen LogP contribution in [0.15, 0.2) is 24.3 Å². The number of alkyl halides is 1. The minimum Gasteiger partial charge on any atom is -0.0922 e. The Hall–Kier alpha value is -0.300. The first-order chi connectivity index (χ1) is 9.88. The standard InChI is InChI=1S/C20H31Br/c1-5-16-6-8-17(9-7-16)14-20(15-21)12-10-18(11-13-20)19(2,3)4/h6-9,18H,5,10-15H2,1-4H3. The highest BCUT2D eigenvalue weighted by Gasteiger charge is 2.38. The Morgan fingerprint density at radius 3 is 2.00 bits per heavy atom. The van der Waals surface area contributed by atoms with Gasteiger partial charge in [0.2, 0.25) is 0 Å². The van der Waals surface area contributed by atoms with E-state index in [1.807, 2.05) is 0 Å². The topological polar surface area (TPSA) is 0 Å². The molecule has 1 saturated carbocycles. The summed E-state index contributed by atoms with van der Waals surface area (Å²) < 4.78 is 0. The molecule has 0 radical (unpaired) electrons. The van der Waals surface area contributed by atoms with Crippen molar-refractivity contribution in [1.82, 2.24) is 0 Å². The zero-order valence-corrected chi connectivity index (χ0v) is 15.8. The monoisotopic (exact) mass is 350 g/mol. The maximum atomic E-state index is 3.82.